The first-order valence-corrected chi connectivity index (χ1v) is 8.19. The highest BCUT2D eigenvalue weighted by Crippen LogP contribution is 2.30. The maximum atomic E-state index is 10.6. The van der Waals surface area contributed by atoms with Crippen LogP contribution in [0.25, 0.3) is 0 Å². The lowest BCUT2D eigenvalue weighted by molar-refractivity contribution is -0.137. The van der Waals surface area contributed by atoms with E-state index in [0.29, 0.717) is 12.5 Å². The van der Waals surface area contributed by atoms with E-state index in [2.05, 4.69) is 36.1 Å². The third-order valence-corrected chi connectivity index (χ3v) is 4.38. The first-order chi connectivity index (χ1) is 10.2. The molecule has 2 rings (SSSR count). The summed E-state index contributed by atoms with van der Waals surface area (Å²) in [5.74, 6) is -0.680. The molecule has 1 aromatic carbocycles. The quantitative estimate of drug-likeness (QED) is 0.799. The molecule has 0 aliphatic carbocycles. The summed E-state index contributed by atoms with van der Waals surface area (Å²) in [6.45, 7) is 4.31. The van der Waals surface area contributed by atoms with Crippen molar-refractivity contribution in [3.8, 4) is 0 Å². The number of carbonyl (C=O) groups is 1. The standard InChI is InChI=1S/C18H27NO2/c1-15-8-7-9-16(14-15)17-10-3-2-5-12-19(17)13-6-4-11-18(20)21/h7-9,14,17H,2-6,10-13H2,1H3,(H,20,21). The van der Waals surface area contributed by atoms with Crippen molar-refractivity contribution in [1.29, 1.82) is 0 Å². The summed E-state index contributed by atoms with van der Waals surface area (Å²) in [7, 11) is 0. The van der Waals surface area contributed by atoms with Gasteiger partial charge in [-0.2, -0.15) is 0 Å². The molecule has 1 saturated heterocycles. The van der Waals surface area contributed by atoms with Crippen LogP contribution in [0.2, 0.25) is 0 Å². The van der Waals surface area contributed by atoms with E-state index in [-0.39, 0.29) is 0 Å². The van der Waals surface area contributed by atoms with Crippen molar-refractivity contribution in [2.45, 2.75) is 57.9 Å². The van der Waals surface area contributed by atoms with Crippen LogP contribution in [-0.2, 0) is 4.79 Å². The van der Waals surface area contributed by atoms with Crippen molar-refractivity contribution in [2.24, 2.45) is 0 Å². The first-order valence-electron chi connectivity index (χ1n) is 8.19. The van der Waals surface area contributed by atoms with Gasteiger partial charge in [0.05, 0.1) is 0 Å². The average Bonchev–Trinajstić information content (AvgIpc) is 2.69. The van der Waals surface area contributed by atoms with E-state index in [1.165, 1.54) is 36.8 Å². The number of unbranched alkanes of at least 4 members (excludes halogenated alkanes) is 1. The minimum Gasteiger partial charge on any atom is -0.481 e. The molecule has 0 bridgehead atoms. The molecule has 1 atom stereocenters. The normalized spacial score (nSPS) is 20.1. The van der Waals surface area contributed by atoms with Crippen LogP contribution in [0.1, 0.15) is 62.1 Å². The number of likely N-dealkylation sites (tertiary alicyclic amines) is 1. The van der Waals surface area contributed by atoms with Crippen molar-refractivity contribution in [1.82, 2.24) is 4.90 Å². The highest BCUT2D eigenvalue weighted by atomic mass is 16.4. The molecule has 1 heterocycles. The third-order valence-electron chi connectivity index (χ3n) is 4.38. The second-order valence-corrected chi connectivity index (χ2v) is 6.17. The Bertz CT molecular complexity index is 458. The van der Waals surface area contributed by atoms with Crippen LogP contribution in [0.15, 0.2) is 24.3 Å². The van der Waals surface area contributed by atoms with Gasteiger partial charge in [-0.05, 0) is 51.3 Å². The van der Waals surface area contributed by atoms with Gasteiger partial charge >= 0.3 is 5.97 Å². The zero-order valence-electron chi connectivity index (χ0n) is 13.1. The van der Waals surface area contributed by atoms with Gasteiger partial charge in [-0.1, -0.05) is 42.7 Å². The molecule has 3 nitrogen and oxygen atoms in total. The fourth-order valence-corrected chi connectivity index (χ4v) is 3.28. The number of nitrogens with zero attached hydrogens (tertiary/aromatic N) is 1. The Hall–Kier alpha value is -1.35. The minimum atomic E-state index is -0.680. The van der Waals surface area contributed by atoms with Crippen LogP contribution in [0.5, 0.6) is 0 Å². The van der Waals surface area contributed by atoms with Crippen molar-refractivity contribution >= 4 is 5.97 Å². The average molecular weight is 289 g/mol. The number of aryl methyl sites for hydroxylation is 1. The summed E-state index contributed by atoms with van der Waals surface area (Å²) in [5, 5.41) is 8.74. The Morgan fingerprint density at radius 1 is 1.29 bits per heavy atom. The molecule has 1 fully saturated rings. The van der Waals surface area contributed by atoms with Gasteiger partial charge in [0, 0.05) is 12.5 Å². The maximum absolute atomic E-state index is 10.6. The smallest absolute Gasteiger partial charge is 0.303 e. The summed E-state index contributed by atoms with van der Waals surface area (Å²) in [6, 6.07) is 9.36. The van der Waals surface area contributed by atoms with E-state index in [1.54, 1.807) is 0 Å². The molecule has 0 spiro atoms. The van der Waals surface area contributed by atoms with Crippen LogP contribution in [0.4, 0.5) is 0 Å². The second kappa shape index (κ2) is 8.18. The molecule has 1 unspecified atom stereocenters. The fraction of sp³-hybridized carbons (Fsp3) is 0.611. The van der Waals surface area contributed by atoms with Crippen LogP contribution >= 0.6 is 0 Å². The van der Waals surface area contributed by atoms with E-state index in [4.69, 9.17) is 5.11 Å². The molecule has 116 valence electrons. The molecule has 3 heteroatoms. The van der Waals surface area contributed by atoms with Gasteiger partial charge in [-0.15, -0.1) is 0 Å². The first kappa shape index (κ1) is 16.0. The van der Waals surface area contributed by atoms with Crippen molar-refractivity contribution in [2.75, 3.05) is 13.1 Å². The molecule has 1 N–H and O–H groups in total. The Labute approximate surface area is 128 Å². The number of hydrogen-bond acceptors (Lipinski definition) is 2. The number of rotatable bonds is 6. The molecule has 0 aromatic heterocycles. The fourth-order valence-electron chi connectivity index (χ4n) is 3.28. The monoisotopic (exact) mass is 289 g/mol. The Kier molecular flexibility index (Phi) is 6.24. The highest BCUT2D eigenvalue weighted by Gasteiger charge is 2.22. The summed E-state index contributed by atoms with van der Waals surface area (Å²) >= 11 is 0. The highest BCUT2D eigenvalue weighted by molar-refractivity contribution is 5.66. The lowest BCUT2D eigenvalue weighted by Gasteiger charge is -2.30. The van der Waals surface area contributed by atoms with Crippen LogP contribution in [0, 0.1) is 6.92 Å². The van der Waals surface area contributed by atoms with Gasteiger partial charge in [-0.25, -0.2) is 0 Å². The third kappa shape index (κ3) is 5.16. The molecule has 0 amide bonds. The summed E-state index contributed by atoms with van der Waals surface area (Å²) < 4.78 is 0. The van der Waals surface area contributed by atoms with E-state index < -0.39 is 5.97 Å². The van der Waals surface area contributed by atoms with Crippen LogP contribution < -0.4 is 0 Å². The SMILES string of the molecule is Cc1cccc(C2CCCCCN2CCCCC(=O)O)c1. The maximum Gasteiger partial charge on any atom is 0.303 e. The van der Waals surface area contributed by atoms with Crippen molar-refractivity contribution in [3.05, 3.63) is 35.4 Å². The Morgan fingerprint density at radius 3 is 2.90 bits per heavy atom. The summed E-state index contributed by atoms with van der Waals surface area (Å²) in [4.78, 5) is 13.2. The molecular weight excluding hydrogens is 262 g/mol. The molecule has 1 aromatic rings. The topological polar surface area (TPSA) is 40.5 Å². The Balaban J connectivity index is 1.98. The largest absolute Gasteiger partial charge is 0.481 e. The van der Waals surface area contributed by atoms with Crippen molar-refractivity contribution in [3.63, 3.8) is 0 Å². The number of aliphatic carboxylic acids is 1. The van der Waals surface area contributed by atoms with Crippen LogP contribution in [0.3, 0.4) is 0 Å². The van der Waals surface area contributed by atoms with Crippen molar-refractivity contribution < 1.29 is 9.90 Å². The zero-order chi connectivity index (χ0) is 15.1. The number of carboxylic acid groups (broad SMARTS) is 1. The zero-order valence-corrected chi connectivity index (χ0v) is 13.1. The Morgan fingerprint density at radius 2 is 2.14 bits per heavy atom. The van der Waals surface area contributed by atoms with Gasteiger partial charge in [0.25, 0.3) is 0 Å². The van der Waals surface area contributed by atoms with Gasteiger partial charge in [0.1, 0.15) is 0 Å². The summed E-state index contributed by atoms with van der Waals surface area (Å²) in [6.07, 6.45) is 7.16. The molecule has 1 aliphatic rings. The second-order valence-electron chi connectivity index (χ2n) is 6.17. The number of benzene rings is 1. The number of carboxylic acids is 1. The van der Waals surface area contributed by atoms with Gasteiger partial charge in [0.2, 0.25) is 0 Å². The van der Waals surface area contributed by atoms with Gasteiger partial charge in [-0.3, -0.25) is 9.69 Å². The predicted molar refractivity (Wildman–Crippen MR) is 85.4 cm³/mol. The van der Waals surface area contributed by atoms with Crippen LogP contribution in [-0.4, -0.2) is 29.1 Å². The van der Waals surface area contributed by atoms with E-state index >= 15 is 0 Å². The molecular formula is C18H27NO2. The molecule has 0 saturated carbocycles. The lowest BCUT2D eigenvalue weighted by atomic mass is 9.99. The van der Waals surface area contributed by atoms with Gasteiger partial charge in [0.15, 0.2) is 0 Å². The van der Waals surface area contributed by atoms with Gasteiger partial charge < -0.3 is 5.11 Å². The molecule has 1 aliphatic heterocycles. The minimum absolute atomic E-state index is 0.295. The number of hydrogen-bond donors (Lipinski definition) is 1. The van der Waals surface area contributed by atoms with E-state index in [9.17, 15) is 4.79 Å². The lowest BCUT2D eigenvalue weighted by Crippen LogP contribution is -2.29. The van der Waals surface area contributed by atoms with E-state index in [0.717, 1.165) is 25.9 Å². The molecule has 0 radical (unpaired) electrons. The van der Waals surface area contributed by atoms with E-state index in [1.807, 2.05) is 0 Å². The molecule has 21 heavy (non-hydrogen) atoms. The predicted octanol–water partition coefficient (Wildman–Crippen LogP) is 4.17. The summed E-state index contributed by atoms with van der Waals surface area (Å²) in [5.41, 5.74) is 2.75.